The molecule has 1 amide bonds. The van der Waals surface area contributed by atoms with Crippen molar-refractivity contribution in [1.82, 2.24) is 18.8 Å². The zero-order valence-corrected chi connectivity index (χ0v) is 18.9. The monoisotopic (exact) mass is 501 g/mol. The van der Waals surface area contributed by atoms with Crippen molar-refractivity contribution in [3.05, 3.63) is 98.2 Å². The maximum Gasteiger partial charge on any atom is 0.343 e. The van der Waals surface area contributed by atoms with E-state index >= 15 is 0 Å². The highest BCUT2D eigenvalue weighted by Crippen LogP contribution is 2.28. The summed E-state index contributed by atoms with van der Waals surface area (Å²) in [7, 11) is -4.56. The van der Waals surface area contributed by atoms with Crippen LogP contribution in [0.4, 0.5) is 5.69 Å². The quantitative estimate of drug-likeness (QED) is 0.302. The Morgan fingerprint density at radius 2 is 1.76 bits per heavy atom. The molecule has 0 saturated carbocycles. The minimum Gasteiger partial charge on any atom is -0.350 e. The largest absolute Gasteiger partial charge is 0.350 e. The van der Waals surface area contributed by atoms with Gasteiger partial charge in [-0.1, -0.05) is 23.7 Å². The number of fused-ring (bicyclic) bond motifs is 1. The standard InChI is InChI=1S/C21H16ClN5O6S/c22-16-6-5-15(11-19(16)27(30)31)34(32,33)26-18-4-2-1-3-17(18)25(21(26)29)13-20(28)24-12-14-7-9-23-10-8-14/h1-11H,12-13H2,(H,24,28). The number of aromatic nitrogens is 3. The summed E-state index contributed by atoms with van der Waals surface area (Å²) in [5, 5.41) is 13.6. The van der Waals surface area contributed by atoms with Crippen molar-refractivity contribution in [3.63, 3.8) is 0 Å². The summed E-state index contributed by atoms with van der Waals surface area (Å²) in [5.41, 5.74) is -0.580. The third-order valence-electron chi connectivity index (χ3n) is 4.99. The smallest absolute Gasteiger partial charge is 0.343 e. The van der Waals surface area contributed by atoms with Gasteiger partial charge in [-0.05, 0) is 42.0 Å². The zero-order chi connectivity index (χ0) is 24.5. The average molecular weight is 502 g/mol. The summed E-state index contributed by atoms with van der Waals surface area (Å²) < 4.78 is 28.2. The van der Waals surface area contributed by atoms with Crippen LogP contribution in [-0.4, -0.2) is 32.8 Å². The van der Waals surface area contributed by atoms with Gasteiger partial charge in [-0.2, -0.15) is 3.97 Å². The molecule has 1 N–H and O–H groups in total. The van der Waals surface area contributed by atoms with Crippen molar-refractivity contribution in [2.24, 2.45) is 0 Å². The molecule has 34 heavy (non-hydrogen) atoms. The maximum atomic E-state index is 13.3. The van der Waals surface area contributed by atoms with Gasteiger partial charge < -0.3 is 5.32 Å². The van der Waals surface area contributed by atoms with Crippen LogP contribution in [0.5, 0.6) is 0 Å². The van der Waals surface area contributed by atoms with Gasteiger partial charge in [0.15, 0.2) is 0 Å². The number of hydrogen-bond acceptors (Lipinski definition) is 7. The number of nitrogens with one attached hydrogen (secondary N) is 1. The molecule has 13 heteroatoms. The summed E-state index contributed by atoms with van der Waals surface area (Å²) in [6.45, 7) is -0.241. The van der Waals surface area contributed by atoms with Crippen molar-refractivity contribution in [2.45, 2.75) is 18.0 Å². The fourth-order valence-electron chi connectivity index (χ4n) is 3.36. The first-order valence-corrected chi connectivity index (χ1v) is 11.6. The summed E-state index contributed by atoms with van der Waals surface area (Å²) in [4.78, 5) is 39.5. The highest BCUT2D eigenvalue weighted by atomic mass is 35.5. The Morgan fingerprint density at radius 1 is 1.09 bits per heavy atom. The van der Waals surface area contributed by atoms with Crippen LogP contribution in [0.3, 0.4) is 0 Å². The van der Waals surface area contributed by atoms with Crippen molar-refractivity contribution in [3.8, 4) is 0 Å². The van der Waals surface area contributed by atoms with Gasteiger partial charge in [0, 0.05) is 25.0 Å². The molecule has 0 aliphatic rings. The van der Waals surface area contributed by atoms with Crippen LogP contribution >= 0.6 is 11.6 Å². The fraction of sp³-hybridized carbons (Fsp3) is 0.0952. The van der Waals surface area contributed by atoms with Crippen LogP contribution in [-0.2, 0) is 27.9 Å². The van der Waals surface area contributed by atoms with Crippen molar-refractivity contribution in [1.29, 1.82) is 0 Å². The van der Waals surface area contributed by atoms with Crippen molar-refractivity contribution in [2.75, 3.05) is 0 Å². The van der Waals surface area contributed by atoms with E-state index in [1.165, 1.54) is 18.2 Å². The molecule has 2 aromatic heterocycles. The lowest BCUT2D eigenvalue weighted by molar-refractivity contribution is -0.384. The number of imidazole rings is 1. The number of benzene rings is 2. The lowest BCUT2D eigenvalue weighted by Crippen LogP contribution is -2.34. The zero-order valence-electron chi connectivity index (χ0n) is 17.3. The Bertz CT molecular complexity index is 1580. The number of nitro groups is 1. The van der Waals surface area contributed by atoms with E-state index < -0.39 is 43.7 Å². The normalized spacial score (nSPS) is 11.4. The Kier molecular flexibility index (Phi) is 6.18. The summed E-state index contributed by atoms with van der Waals surface area (Å²) in [6, 6.07) is 12.4. The van der Waals surface area contributed by atoms with E-state index in [0.29, 0.717) is 3.97 Å². The number of nitrogens with zero attached hydrogens (tertiary/aromatic N) is 4. The number of hydrogen-bond donors (Lipinski definition) is 1. The predicted octanol–water partition coefficient (Wildman–Crippen LogP) is 2.31. The van der Waals surface area contributed by atoms with Crippen LogP contribution in [0, 0.1) is 10.1 Å². The molecule has 0 fully saturated rings. The molecule has 4 aromatic rings. The van der Waals surface area contributed by atoms with E-state index in [9.17, 15) is 28.1 Å². The Hall–Kier alpha value is -4.03. The Balaban J connectivity index is 1.75. The van der Waals surface area contributed by atoms with E-state index in [-0.39, 0.29) is 22.6 Å². The maximum absolute atomic E-state index is 13.3. The van der Waals surface area contributed by atoms with Crippen LogP contribution in [0.15, 0.2) is 76.7 Å². The van der Waals surface area contributed by atoms with Gasteiger partial charge in [-0.3, -0.25) is 24.5 Å². The molecule has 0 atom stereocenters. The minimum absolute atomic E-state index is 0.0204. The molecule has 0 aliphatic carbocycles. The van der Waals surface area contributed by atoms with E-state index in [1.54, 1.807) is 30.6 Å². The van der Waals surface area contributed by atoms with E-state index in [0.717, 1.165) is 28.3 Å². The summed E-state index contributed by atoms with van der Waals surface area (Å²) >= 11 is 5.79. The second kappa shape index (κ2) is 9.08. The van der Waals surface area contributed by atoms with Crippen molar-refractivity contribution < 1.29 is 18.1 Å². The summed E-state index contributed by atoms with van der Waals surface area (Å²) in [6.07, 6.45) is 3.15. The molecular weight excluding hydrogens is 486 g/mol. The van der Waals surface area contributed by atoms with Crippen LogP contribution < -0.4 is 11.0 Å². The van der Waals surface area contributed by atoms with Gasteiger partial charge in [-0.15, -0.1) is 0 Å². The number of para-hydroxylation sites is 2. The SMILES string of the molecule is O=C(Cn1c(=O)n(S(=O)(=O)c2ccc(Cl)c([N+](=O)[O-])c2)c2ccccc21)NCc1ccncc1. The molecule has 174 valence electrons. The highest BCUT2D eigenvalue weighted by Gasteiger charge is 2.28. The lowest BCUT2D eigenvalue weighted by atomic mass is 10.3. The van der Waals surface area contributed by atoms with Gasteiger partial charge in [0.05, 0.1) is 20.9 Å². The van der Waals surface area contributed by atoms with Crippen LogP contribution in [0.1, 0.15) is 5.56 Å². The second-order valence-electron chi connectivity index (χ2n) is 7.13. The van der Waals surface area contributed by atoms with Gasteiger partial charge >= 0.3 is 5.69 Å². The molecule has 0 radical (unpaired) electrons. The third-order valence-corrected chi connectivity index (χ3v) is 6.99. The topological polar surface area (TPSA) is 146 Å². The number of amides is 1. The number of halogens is 1. The van der Waals surface area contributed by atoms with Crippen molar-refractivity contribution >= 4 is 44.3 Å². The first kappa shape index (κ1) is 23.1. The lowest BCUT2D eigenvalue weighted by Gasteiger charge is -2.07. The van der Waals surface area contributed by atoms with Crippen LogP contribution in [0.25, 0.3) is 11.0 Å². The molecule has 0 saturated heterocycles. The molecule has 2 aromatic carbocycles. The molecular formula is C21H16ClN5O6S. The Morgan fingerprint density at radius 3 is 2.44 bits per heavy atom. The molecule has 4 rings (SSSR count). The number of carbonyl (C=O) groups is 1. The molecule has 0 aliphatic heterocycles. The Labute approximate surface area is 197 Å². The van der Waals surface area contributed by atoms with Crippen LogP contribution in [0.2, 0.25) is 5.02 Å². The average Bonchev–Trinajstić information content (AvgIpc) is 3.10. The predicted molar refractivity (Wildman–Crippen MR) is 123 cm³/mol. The second-order valence-corrected chi connectivity index (χ2v) is 9.32. The van der Waals surface area contributed by atoms with E-state index in [4.69, 9.17) is 11.6 Å². The third kappa shape index (κ3) is 4.28. The molecule has 0 spiro atoms. The first-order valence-electron chi connectivity index (χ1n) is 9.75. The fourth-order valence-corrected chi connectivity index (χ4v) is 4.98. The number of pyridine rings is 1. The molecule has 2 heterocycles. The van der Waals surface area contributed by atoms with Gasteiger partial charge in [0.1, 0.15) is 11.6 Å². The molecule has 0 unspecified atom stereocenters. The van der Waals surface area contributed by atoms with Gasteiger partial charge in [0.2, 0.25) is 5.91 Å². The number of carbonyl (C=O) groups excluding carboxylic acids is 1. The number of nitro benzene ring substituents is 1. The molecule has 0 bridgehead atoms. The van der Waals surface area contributed by atoms with E-state index in [1.807, 2.05) is 0 Å². The van der Waals surface area contributed by atoms with E-state index in [2.05, 4.69) is 10.3 Å². The molecule has 11 nitrogen and oxygen atoms in total. The van der Waals surface area contributed by atoms with Gasteiger partial charge in [-0.25, -0.2) is 13.2 Å². The first-order chi connectivity index (χ1) is 16.2. The number of rotatable bonds is 7. The minimum atomic E-state index is -4.56. The van der Waals surface area contributed by atoms with Gasteiger partial charge in [0.25, 0.3) is 15.7 Å². The summed E-state index contributed by atoms with van der Waals surface area (Å²) in [5.74, 6) is -0.513. The highest BCUT2D eigenvalue weighted by molar-refractivity contribution is 7.90.